The molecule has 4 heteroatoms. The van der Waals surface area contributed by atoms with Gasteiger partial charge in [0.1, 0.15) is 5.82 Å². The van der Waals surface area contributed by atoms with Gasteiger partial charge in [-0.25, -0.2) is 4.39 Å². The molecule has 0 aromatic heterocycles. The zero-order chi connectivity index (χ0) is 15.8. The van der Waals surface area contributed by atoms with E-state index in [1.807, 2.05) is 33.0 Å². The third-order valence-corrected chi connectivity index (χ3v) is 3.64. The number of nitrogens with one attached hydrogen (secondary N) is 1. The second kappa shape index (κ2) is 9.13. The average molecular weight is 296 g/mol. The van der Waals surface area contributed by atoms with Crippen molar-refractivity contribution >= 4 is 0 Å². The Balaban J connectivity index is 2.55. The smallest absolute Gasteiger partial charge is 0.127 e. The molecule has 2 unspecified atom stereocenters. The topological polar surface area (TPSA) is 24.5 Å². The summed E-state index contributed by atoms with van der Waals surface area (Å²) in [5.41, 5.74) is 0.735. The van der Waals surface area contributed by atoms with Crippen molar-refractivity contribution in [3.05, 3.63) is 35.6 Å². The summed E-state index contributed by atoms with van der Waals surface area (Å²) in [6.45, 7) is 8.73. The Morgan fingerprint density at radius 1 is 1.24 bits per heavy atom. The van der Waals surface area contributed by atoms with E-state index in [0.29, 0.717) is 5.92 Å². The first-order valence-corrected chi connectivity index (χ1v) is 7.67. The van der Waals surface area contributed by atoms with Gasteiger partial charge in [-0.05, 0) is 39.9 Å². The lowest BCUT2D eigenvalue weighted by Crippen LogP contribution is -2.35. The zero-order valence-electron chi connectivity index (χ0n) is 13.9. The van der Waals surface area contributed by atoms with Crippen LogP contribution in [0, 0.1) is 11.7 Å². The highest BCUT2D eigenvalue weighted by atomic mass is 19.1. The van der Waals surface area contributed by atoms with E-state index in [1.165, 1.54) is 6.07 Å². The predicted molar refractivity (Wildman–Crippen MR) is 85.9 cm³/mol. The summed E-state index contributed by atoms with van der Waals surface area (Å²) in [7, 11) is 3.96. The van der Waals surface area contributed by atoms with Gasteiger partial charge in [0, 0.05) is 24.7 Å². The fourth-order valence-electron chi connectivity index (χ4n) is 2.61. The van der Waals surface area contributed by atoms with Crippen LogP contribution in [0.4, 0.5) is 4.39 Å². The van der Waals surface area contributed by atoms with Crippen molar-refractivity contribution in [3.8, 4) is 0 Å². The zero-order valence-corrected chi connectivity index (χ0v) is 13.9. The molecule has 0 fully saturated rings. The van der Waals surface area contributed by atoms with Crippen LogP contribution in [0.15, 0.2) is 24.3 Å². The highest BCUT2D eigenvalue weighted by Crippen LogP contribution is 2.24. The van der Waals surface area contributed by atoms with E-state index in [0.717, 1.165) is 25.3 Å². The highest BCUT2D eigenvalue weighted by Gasteiger charge is 2.21. The summed E-state index contributed by atoms with van der Waals surface area (Å²) in [5, 5.41) is 3.24. The van der Waals surface area contributed by atoms with E-state index in [1.54, 1.807) is 6.07 Å². The van der Waals surface area contributed by atoms with Gasteiger partial charge in [0.2, 0.25) is 0 Å². The Kier molecular flexibility index (Phi) is 7.86. The van der Waals surface area contributed by atoms with Crippen molar-refractivity contribution in [3.63, 3.8) is 0 Å². The normalized spacial score (nSPS) is 14.7. The number of rotatable bonds is 9. The molecule has 0 amide bonds. The van der Waals surface area contributed by atoms with Gasteiger partial charge in [-0.15, -0.1) is 0 Å². The first-order valence-electron chi connectivity index (χ1n) is 7.67. The van der Waals surface area contributed by atoms with Crippen LogP contribution in [-0.2, 0) is 4.74 Å². The van der Waals surface area contributed by atoms with Crippen LogP contribution in [0.5, 0.6) is 0 Å². The van der Waals surface area contributed by atoms with Gasteiger partial charge in [0.05, 0.1) is 12.7 Å². The molecule has 0 radical (unpaired) electrons. The molecule has 21 heavy (non-hydrogen) atoms. The minimum atomic E-state index is -0.144. The lowest BCUT2D eigenvalue weighted by Gasteiger charge is -2.28. The van der Waals surface area contributed by atoms with Crippen molar-refractivity contribution in [1.29, 1.82) is 0 Å². The van der Waals surface area contributed by atoms with Gasteiger partial charge in [-0.1, -0.05) is 25.1 Å². The van der Waals surface area contributed by atoms with Gasteiger partial charge in [0.25, 0.3) is 0 Å². The Labute approximate surface area is 128 Å². The van der Waals surface area contributed by atoms with Crippen LogP contribution in [0.3, 0.4) is 0 Å². The molecule has 2 atom stereocenters. The predicted octanol–water partition coefficient (Wildman–Crippen LogP) is 3.08. The number of ether oxygens (including phenoxy) is 1. The number of hydrogen-bond donors (Lipinski definition) is 1. The SMILES string of the molecule is CNC(c1ccccc1F)C(C)CN(C)CCOC(C)C. The Hall–Kier alpha value is -0.970. The van der Waals surface area contributed by atoms with Crippen LogP contribution in [-0.4, -0.2) is 44.8 Å². The number of hydrogen-bond acceptors (Lipinski definition) is 3. The van der Waals surface area contributed by atoms with E-state index < -0.39 is 0 Å². The van der Waals surface area contributed by atoms with E-state index in [-0.39, 0.29) is 18.0 Å². The maximum atomic E-state index is 13.9. The van der Waals surface area contributed by atoms with Crippen molar-refractivity contribution in [2.45, 2.75) is 32.9 Å². The molecule has 0 aliphatic heterocycles. The van der Waals surface area contributed by atoms with Crippen molar-refractivity contribution in [2.75, 3.05) is 33.8 Å². The second-order valence-corrected chi connectivity index (χ2v) is 5.95. The van der Waals surface area contributed by atoms with Crippen molar-refractivity contribution < 1.29 is 9.13 Å². The minimum Gasteiger partial charge on any atom is -0.377 e. The molecule has 0 saturated carbocycles. The molecule has 1 rings (SSSR count). The molecule has 3 nitrogen and oxygen atoms in total. The number of likely N-dealkylation sites (N-methyl/N-ethyl adjacent to an activating group) is 1. The van der Waals surface area contributed by atoms with Crippen LogP contribution in [0.1, 0.15) is 32.4 Å². The summed E-state index contributed by atoms with van der Waals surface area (Å²) >= 11 is 0. The molecule has 1 aromatic rings. The molecule has 0 saturated heterocycles. The largest absolute Gasteiger partial charge is 0.377 e. The van der Waals surface area contributed by atoms with Gasteiger partial charge in [-0.2, -0.15) is 0 Å². The molecule has 0 aliphatic carbocycles. The standard InChI is InChI=1S/C17H29FN2O/c1-13(2)21-11-10-20(5)12-14(3)17(19-4)15-8-6-7-9-16(15)18/h6-9,13-14,17,19H,10-12H2,1-5H3. The van der Waals surface area contributed by atoms with E-state index >= 15 is 0 Å². The highest BCUT2D eigenvalue weighted by molar-refractivity contribution is 5.21. The summed E-state index contributed by atoms with van der Waals surface area (Å²) in [4.78, 5) is 2.23. The van der Waals surface area contributed by atoms with Gasteiger partial charge in [-0.3, -0.25) is 0 Å². The van der Waals surface area contributed by atoms with Crippen LogP contribution < -0.4 is 5.32 Å². The van der Waals surface area contributed by atoms with E-state index in [4.69, 9.17) is 4.74 Å². The lowest BCUT2D eigenvalue weighted by atomic mass is 9.93. The molecular weight excluding hydrogens is 267 g/mol. The minimum absolute atomic E-state index is 0.0136. The van der Waals surface area contributed by atoms with E-state index in [9.17, 15) is 4.39 Å². The quantitative estimate of drug-likeness (QED) is 0.758. The molecule has 0 heterocycles. The molecule has 120 valence electrons. The van der Waals surface area contributed by atoms with Gasteiger partial charge >= 0.3 is 0 Å². The third kappa shape index (κ3) is 6.12. The Morgan fingerprint density at radius 3 is 2.48 bits per heavy atom. The monoisotopic (exact) mass is 296 g/mol. The van der Waals surface area contributed by atoms with Gasteiger partial charge < -0.3 is 15.0 Å². The summed E-state index contributed by atoms with van der Waals surface area (Å²) < 4.78 is 19.5. The van der Waals surface area contributed by atoms with Crippen LogP contribution >= 0.6 is 0 Å². The Bertz CT molecular complexity index is 412. The number of nitrogens with zero attached hydrogens (tertiary/aromatic N) is 1. The molecule has 0 aliphatic rings. The maximum Gasteiger partial charge on any atom is 0.127 e. The van der Waals surface area contributed by atoms with Gasteiger partial charge in [0.15, 0.2) is 0 Å². The molecule has 0 bridgehead atoms. The lowest BCUT2D eigenvalue weighted by molar-refractivity contribution is 0.0605. The Morgan fingerprint density at radius 2 is 1.90 bits per heavy atom. The number of halogens is 1. The third-order valence-electron chi connectivity index (χ3n) is 3.64. The average Bonchev–Trinajstić information content (AvgIpc) is 2.41. The second-order valence-electron chi connectivity index (χ2n) is 5.95. The number of benzene rings is 1. The molecule has 1 aromatic carbocycles. The van der Waals surface area contributed by atoms with Crippen LogP contribution in [0.2, 0.25) is 0 Å². The van der Waals surface area contributed by atoms with E-state index in [2.05, 4.69) is 24.2 Å². The molecule has 0 spiro atoms. The first kappa shape index (κ1) is 18.1. The van der Waals surface area contributed by atoms with Crippen molar-refractivity contribution in [2.24, 2.45) is 5.92 Å². The first-order chi connectivity index (χ1) is 9.95. The fraction of sp³-hybridized carbons (Fsp3) is 0.647. The van der Waals surface area contributed by atoms with Crippen LogP contribution in [0.25, 0.3) is 0 Å². The van der Waals surface area contributed by atoms with Crippen molar-refractivity contribution in [1.82, 2.24) is 10.2 Å². The summed E-state index contributed by atoms with van der Waals surface area (Å²) in [6.07, 6.45) is 0.263. The summed E-state index contributed by atoms with van der Waals surface area (Å²) in [5.74, 6) is 0.158. The molecule has 1 N–H and O–H groups in total. The molecular formula is C17H29FN2O. The summed E-state index contributed by atoms with van der Waals surface area (Å²) in [6, 6.07) is 7.00. The maximum absolute atomic E-state index is 13.9. The fourth-order valence-corrected chi connectivity index (χ4v) is 2.61.